The number of carbonyl (C=O) groups excluding carboxylic acids is 1. The first kappa shape index (κ1) is 14.0. The van der Waals surface area contributed by atoms with Crippen LogP contribution in [-0.4, -0.2) is 5.91 Å². The molecule has 0 aliphatic rings. The molecule has 1 aromatic carbocycles. The van der Waals surface area contributed by atoms with E-state index in [-0.39, 0.29) is 5.91 Å². The van der Waals surface area contributed by atoms with Gasteiger partial charge in [-0.25, -0.2) is 0 Å². The number of hydrogen-bond donors (Lipinski definition) is 1. The van der Waals surface area contributed by atoms with Crippen LogP contribution in [0, 0.1) is 25.2 Å². The number of nitriles is 1. The molecule has 20 heavy (non-hydrogen) atoms. The van der Waals surface area contributed by atoms with E-state index in [4.69, 9.17) is 5.26 Å². The first-order valence-electron chi connectivity index (χ1n) is 6.16. The van der Waals surface area contributed by atoms with E-state index in [1.54, 1.807) is 6.08 Å². The summed E-state index contributed by atoms with van der Waals surface area (Å²) in [5, 5.41) is 12.5. The van der Waals surface area contributed by atoms with Gasteiger partial charge < -0.3 is 5.32 Å². The molecule has 1 aromatic heterocycles. The van der Waals surface area contributed by atoms with Gasteiger partial charge in [-0.2, -0.15) is 5.26 Å². The minimum absolute atomic E-state index is 0.230. The summed E-state index contributed by atoms with van der Waals surface area (Å²) in [6, 6.07) is 11.7. The van der Waals surface area contributed by atoms with Gasteiger partial charge in [-0.3, -0.25) is 4.79 Å². The van der Waals surface area contributed by atoms with Crippen molar-refractivity contribution in [1.82, 2.24) is 0 Å². The molecular formula is C16H14N2OS. The largest absolute Gasteiger partial charge is 0.313 e. The SMILES string of the molecule is Cc1sc(NC(=O)C=Cc2ccccc2)c(C#N)c1C. The number of hydrogen-bond acceptors (Lipinski definition) is 3. The maximum atomic E-state index is 11.9. The molecule has 0 saturated carbocycles. The highest BCUT2D eigenvalue weighted by molar-refractivity contribution is 7.16. The molecule has 0 aliphatic carbocycles. The number of nitrogens with one attached hydrogen (secondary N) is 1. The zero-order valence-corrected chi connectivity index (χ0v) is 12.1. The van der Waals surface area contributed by atoms with Gasteiger partial charge in [0.1, 0.15) is 11.1 Å². The van der Waals surface area contributed by atoms with Crippen LogP contribution >= 0.6 is 11.3 Å². The number of nitrogens with zero attached hydrogens (tertiary/aromatic N) is 1. The molecule has 1 amide bonds. The molecule has 2 aromatic rings. The summed E-state index contributed by atoms with van der Waals surface area (Å²) in [6.07, 6.45) is 3.22. The highest BCUT2D eigenvalue weighted by Crippen LogP contribution is 2.31. The van der Waals surface area contributed by atoms with Gasteiger partial charge in [0.2, 0.25) is 5.91 Å². The number of rotatable bonds is 3. The molecule has 100 valence electrons. The molecule has 0 saturated heterocycles. The third kappa shape index (κ3) is 3.14. The van der Waals surface area contributed by atoms with Gasteiger partial charge in [-0.15, -0.1) is 11.3 Å². The monoisotopic (exact) mass is 282 g/mol. The van der Waals surface area contributed by atoms with Crippen LogP contribution in [0.3, 0.4) is 0 Å². The van der Waals surface area contributed by atoms with Crippen molar-refractivity contribution >= 4 is 28.3 Å². The van der Waals surface area contributed by atoms with Crippen LogP contribution in [0.2, 0.25) is 0 Å². The molecule has 0 atom stereocenters. The number of benzene rings is 1. The van der Waals surface area contributed by atoms with Crippen molar-refractivity contribution < 1.29 is 4.79 Å². The van der Waals surface area contributed by atoms with Crippen LogP contribution in [0.15, 0.2) is 36.4 Å². The maximum Gasteiger partial charge on any atom is 0.249 e. The molecule has 1 N–H and O–H groups in total. The molecule has 0 spiro atoms. The lowest BCUT2D eigenvalue weighted by Crippen LogP contribution is -2.07. The van der Waals surface area contributed by atoms with Crippen molar-refractivity contribution in [1.29, 1.82) is 5.26 Å². The molecule has 0 bridgehead atoms. The van der Waals surface area contributed by atoms with Gasteiger partial charge in [-0.05, 0) is 31.1 Å². The number of amides is 1. The molecule has 2 rings (SSSR count). The fourth-order valence-electron chi connectivity index (χ4n) is 1.74. The molecular weight excluding hydrogens is 268 g/mol. The average Bonchev–Trinajstić information content (AvgIpc) is 2.72. The molecule has 4 heteroatoms. The number of aryl methyl sites for hydroxylation is 1. The normalized spacial score (nSPS) is 10.4. The fourth-order valence-corrected chi connectivity index (χ4v) is 2.75. The Morgan fingerprint density at radius 3 is 2.65 bits per heavy atom. The molecule has 3 nitrogen and oxygen atoms in total. The summed E-state index contributed by atoms with van der Waals surface area (Å²) in [6.45, 7) is 3.83. The number of thiophene rings is 1. The Kier molecular flexibility index (Phi) is 4.34. The maximum absolute atomic E-state index is 11.9. The summed E-state index contributed by atoms with van der Waals surface area (Å²) in [5.41, 5.74) is 2.44. The summed E-state index contributed by atoms with van der Waals surface area (Å²) in [7, 11) is 0. The second kappa shape index (κ2) is 6.18. The van der Waals surface area contributed by atoms with Gasteiger partial charge in [0.25, 0.3) is 0 Å². The second-order valence-electron chi connectivity index (χ2n) is 4.33. The van der Waals surface area contributed by atoms with Crippen LogP contribution in [0.4, 0.5) is 5.00 Å². The van der Waals surface area contributed by atoms with Gasteiger partial charge in [0.15, 0.2) is 0 Å². The lowest BCUT2D eigenvalue weighted by atomic mass is 10.2. The molecule has 1 heterocycles. The first-order valence-corrected chi connectivity index (χ1v) is 6.97. The van der Waals surface area contributed by atoms with E-state index in [1.165, 1.54) is 17.4 Å². The lowest BCUT2D eigenvalue weighted by molar-refractivity contribution is -0.111. The van der Waals surface area contributed by atoms with Crippen molar-refractivity contribution in [3.63, 3.8) is 0 Å². The average molecular weight is 282 g/mol. The summed E-state index contributed by atoms with van der Waals surface area (Å²) in [4.78, 5) is 12.9. The molecule has 0 radical (unpaired) electrons. The van der Waals surface area contributed by atoms with Crippen LogP contribution in [0.5, 0.6) is 0 Å². The third-order valence-electron chi connectivity index (χ3n) is 2.96. The Bertz CT molecular complexity index is 693. The predicted octanol–water partition coefficient (Wildman–Crippen LogP) is 3.89. The fraction of sp³-hybridized carbons (Fsp3) is 0.125. The van der Waals surface area contributed by atoms with Crippen molar-refractivity contribution in [2.45, 2.75) is 13.8 Å². The van der Waals surface area contributed by atoms with Crippen molar-refractivity contribution in [3.05, 3.63) is 58.0 Å². The predicted molar refractivity (Wildman–Crippen MR) is 82.6 cm³/mol. The zero-order valence-electron chi connectivity index (χ0n) is 11.3. The molecule has 0 fully saturated rings. The van der Waals surface area contributed by atoms with E-state index in [0.29, 0.717) is 10.6 Å². The number of anilines is 1. The van der Waals surface area contributed by atoms with E-state index in [1.807, 2.05) is 44.2 Å². The summed E-state index contributed by atoms with van der Waals surface area (Å²) in [5.74, 6) is -0.230. The summed E-state index contributed by atoms with van der Waals surface area (Å²) < 4.78 is 0. The Hall–Kier alpha value is -2.38. The second-order valence-corrected chi connectivity index (χ2v) is 5.56. The van der Waals surface area contributed by atoms with Crippen LogP contribution in [0.25, 0.3) is 6.08 Å². The Labute approximate surface area is 122 Å². The standard InChI is InChI=1S/C16H14N2OS/c1-11-12(2)20-16(14(11)10-17)18-15(19)9-8-13-6-4-3-5-7-13/h3-9H,1-2H3,(H,18,19). The molecule has 0 aliphatic heterocycles. The quantitative estimate of drug-likeness (QED) is 0.868. The van der Waals surface area contributed by atoms with E-state index >= 15 is 0 Å². The minimum Gasteiger partial charge on any atom is -0.313 e. The minimum atomic E-state index is -0.230. The Balaban J connectivity index is 2.11. The molecule has 0 unspecified atom stereocenters. The Morgan fingerprint density at radius 2 is 2.00 bits per heavy atom. The third-order valence-corrected chi connectivity index (χ3v) is 4.08. The van der Waals surface area contributed by atoms with Gasteiger partial charge in [-0.1, -0.05) is 30.3 Å². The highest BCUT2D eigenvalue weighted by atomic mass is 32.1. The van der Waals surface area contributed by atoms with Crippen molar-refractivity contribution in [2.24, 2.45) is 0 Å². The Morgan fingerprint density at radius 1 is 1.30 bits per heavy atom. The van der Waals surface area contributed by atoms with E-state index < -0.39 is 0 Å². The summed E-state index contributed by atoms with van der Waals surface area (Å²) >= 11 is 1.43. The van der Waals surface area contributed by atoms with Crippen LogP contribution in [-0.2, 0) is 4.79 Å². The van der Waals surface area contributed by atoms with Gasteiger partial charge in [0.05, 0.1) is 5.56 Å². The smallest absolute Gasteiger partial charge is 0.249 e. The van der Waals surface area contributed by atoms with Crippen molar-refractivity contribution in [2.75, 3.05) is 5.32 Å². The highest BCUT2D eigenvalue weighted by Gasteiger charge is 2.13. The van der Waals surface area contributed by atoms with Gasteiger partial charge >= 0.3 is 0 Å². The first-order chi connectivity index (χ1) is 9.61. The van der Waals surface area contributed by atoms with Crippen molar-refractivity contribution in [3.8, 4) is 6.07 Å². The van der Waals surface area contributed by atoms with Crippen LogP contribution in [0.1, 0.15) is 21.6 Å². The zero-order chi connectivity index (χ0) is 14.5. The lowest BCUT2D eigenvalue weighted by Gasteiger charge is -1.99. The topological polar surface area (TPSA) is 52.9 Å². The van der Waals surface area contributed by atoms with Gasteiger partial charge in [0, 0.05) is 11.0 Å². The number of carbonyl (C=O) groups is 1. The van der Waals surface area contributed by atoms with E-state index in [9.17, 15) is 4.79 Å². The van der Waals surface area contributed by atoms with E-state index in [2.05, 4.69) is 11.4 Å². The van der Waals surface area contributed by atoms with E-state index in [0.717, 1.165) is 16.0 Å². The van der Waals surface area contributed by atoms with Crippen LogP contribution < -0.4 is 5.32 Å².